The van der Waals surface area contributed by atoms with Crippen molar-refractivity contribution in [2.75, 3.05) is 6.54 Å². The van der Waals surface area contributed by atoms with Gasteiger partial charge in [0.05, 0.1) is 6.26 Å². The second-order valence-corrected chi connectivity index (χ2v) is 6.93. The second kappa shape index (κ2) is 11.2. The highest BCUT2D eigenvalue weighted by Crippen LogP contribution is 2.17. The van der Waals surface area contributed by atoms with Crippen molar-refractivity contribution in [1.82, 2.24) is 5.32 Å². The Morgan fingerprint density at radius 3 is 2.39 bits per heavy atom. The number of rotatable bonds is 11. The van der Waals surface area contributed by atoms with Gasteiger partial charge in [-0.25, -0.2) is 4.79 Å². The van der Waals surface area contributed by atoms with Gasteiger partial charge in [0, 0.05) is 6.54 Å². The summed E-state index contributed by atoms with van der Waals surface area (Å²) in [6.45, 7) is 10.6. The quantitative estimate of drug-likeness (QED) is 0.264. The summed E-state index contributed by atoms with van der Waals surface area (Å²) in [7, 11) is 0. The van der Waals surface area contributed by atoms with Crippen molar-refractivity contribution in [2.45, 2.75) is 72.3 Å². The standard InChI is InChI=1S/C18H34N2O3/c1-6-7-8-9-12-23-17(22)18(19,13-15(4)5)16(21)20-11-10-14(2)3/h9,12,14-15H,6-8,10-11,13,19H2,1-5H3,(H,20,21)/b12-9+/t18-/m0/s1. The molecule has 0 fully saturated rings. The summed E-state index contributed by atoms with van der Waals surface area (Å²) in [5, 5.41) is 2.76. The minimum absolute atomic E-state index is 0.104. The van der Waals surface area contributed by atoms with Crippen LogP contribution in [-0.2, 0) is 14.3 Å². The third-order valence-electron chi connectivity index (χ3n) is 3.50. The molecule has 23 heavy (non-hydrogen) atoms. The number of hydrogen-bond acceptors (Lipinski definition) is 4. The lowest BCUT2D eigenvalue weighted by Crippen LogP contribution is -2.60. The third kappa shape index (κ3) is 8.74. The van der Waals surface area contributed by atoms with E-state index >= 15 is 0 Å². The Morgan fingerprint density at radius 2 is 1.87 bits per heavy atom. The van der Waals surface area contributed by atoms with E-state index in [0.717, 1.165) is 25.7 Å². The van der Waals surface area contributed by atoms with E-state index in [4.69, 9.17) is 10.5 Å². The molecule has 1 atom stereocenters. The number of amides is 1. The molecule has 0 spiro atoms. The van der Waals surface area contributed by atoms with Crippen LogP contribution in [0, 0.1) is 11.8 Å². The summed E-state index contributed by atoms with van der Waals surface area (Å²) in [5.74, 6) is -0.576. The average Bonchev–Trinajstić information content (AvgIpc) is 2.45. The Hall–Kier alpha value is -1.36. The topological polar surface area (TPSA) is 81.4 Å². The van der Waals surface area contributed by atoms with Crippen molar-refractivity contribution in [2.24, 2.45) is 17.6 Å². The molecule has 0 aromatic rings. The number of esters is 1. The lowest BCUT2D eigenvalue weighted by atomic mass is 9.88. The van der Waals surface area contributed by atoms with Crippen LogP contribution >= 0.6 is 0 Å². The van der Waals surface area contributed by atoms with Crippen LogP contribution in [0.2, 0.25) is 0 Å². The van der Waals surface area contributed by atoms with Gasteiger partial charge >= 0.3 is 5.97 Å². The first-order valence-electron chi connectivity index (χ1n) is 8.67. The maximum Gasteiger partial charge on any atom is 0.340 e. The SMILES string of the molecule is CCCC/C=C/OC(=O)[C@](N)(CC(C)C)C(=O)NCCC(C)C. The molecule has 5 nitrogen and oxygen atoms in total. The van der Waals surface area contributed by atoms with Crippen LogP contribution in [0.1, 0.15) is 66.7 Å². The third-order valence-corrected chi connectivity index (χ3v) is 3.50. The molecule has 0 aromatic carbocycles. The summed E-state index contributed by atoms with van der Waals surface area (Å²) in [4.78, 5) is 24.7. The summed E-state index contributed by atoms with van der Waals surface area (Å²) in [5.41, 5.74) is 4.48. The van der Waals surface area contributed by atoms with Crippen LogP contribution < -0.4 is 11.1 Å². The fraction of sp³-hybridized carbons (Fsp3) is 0.778. The van der Waals surface area contributed by atoms with Crippen LogP contribution in [0.5, 0.6) is 0 Å². The Kier molecular flexibility index (Phi) is 10.6. The molecule has 1 amide bonds. The van der Waals surface area contributed by atoms with Gasteiger partial charge in [-0.3, -0.25) is 4.79 Å². The summed E-state index contributed by atoms with van der Waals surface area (Å²) in [6.07, 6.45) is 7.17. The number of carbonyl (C=O) groups is 2. The van der Waals surface area contributed by atoms with Crippen LogP contribution in [0.25, 0.3) is 0 Å². The predicted molar refractivity (Wildman–Crippen MR) is 93.6 cm³/mol. The highest BCUT2D eigenvalue weighted by molar-refractivity contribution is 6.07. The zero-order valence-corrected chi connectivity index (χ0v) is 15.4. The summed E-state index contributed by atoms with van der Waals surface area (Å²) in [6, 6.07) is 0. The van der Waals surface area contributed by atoms with E-state index in [2.05, 4.69) is 26.1 Å². The van der Waals surface area contributed by atoms with Gasteiger partial charge in [-0.05, 0) is 43.6 Å². The average molecular weight is 326 g/mol. The van der Waals surface area contributed by atoms with Crippen molar-refractivity contribution in [3.63, 3.8) is 0 Å². The molecule has 0 aliphatic carbocycles. The van der Waals surface area contributed by atoms with Gasteiger partial charge in [0.25, 0.3) is 5.91 Å². The Balaban J connectivity index is 4.76. The van der Waals surface area contributed by atoms with E-state index in [-0.39, 0.29) is 12.3 Å². The predicted octanol–water partition coefficient (Wildman–Crippen LogP) is 3.14. The fourth-order valence-electron chi connectivity index (χ4n) is 2.15. The minimum Gasteiger partial charge on any atom is -0.433 e. The van der Waals surface area contributed by atoms with Crippen LogP contribution in [0.3, 0.4) is 0 Å². The van der Waals surface area contributed by atoms with Gasteiger partial charge in [-0.1, -0.05) is 41.0 Å². The van der Waals surface area contributed by atoms with Crippen LogP contribution in [0.4, 0.5) is 0 Å². The van der Waals surface area contributed by atoms with Crippen molar-refractivity contribution in [3.8, 4) is 0 Å². The van der Waals surface area contributed by atoms with Gasteiger partial charge < -0.3 is 15.8 Å². The number of allylic oxidation sites excluding steroid dienone is 1. The van der Waals surface area contributed by atoms with Crippen molar-refractivity contribution in [1.29, 1.82) is 0 Å². The minimum atomic E-state index is -1.64. The lowest BCUT2D eigenvalue weighted by molar-refractivity contribution is -0.150. The molecule has 0 heterocycles. The first-order valence-corrected chi connectivity index (χ1v) is 8.67. The highest BCUT2D eigenvalue weighted by atomic mass is 16.5. The highest BCUT2D eigenvalue weighted by Gasteiger charge is 2.43. The van der Waals surface area contributed by atoms with E-state index in [1.54, 1.807) is 6.08 Å². The maximum absolute atomic E-state index is 12.4. The smallest absolute Gasteiger partial charge is 0.340 e. The number of nitrogens with one attached hydrogen (secondary N) is 1. The maximum atomic E-state index is 12.4. The van der Waals surface area contributed by atoms with Crippen molar-refractivity contribution in [3.05, 3.63) is 12.3 Å². The molecule has 0 aromatic heterocycles. The second-order valence-electron chi connectivity index (χ2n) is 6.93. The molecule has 3 N–H and O–H groups in total. The molecule has 0 rings (SSSR count). The van der Waals surface area contributed by atoms with Crippen molar-refractivity contribution >= 4 is 11.9 Å². The number of carbonyl (C=O) groups excluding carboxylic acids is 2. The zero-order valence-electron chi connectivity index (χ0n) is 15.4. The van der Waals surface area contributed by atoms with E-state index in [1.165, 1.54) is 6.26 Å². The molecule has 0 radical (unpaired) electrons. The molecule has 0 aliphatic heterocycles. The van der Waals surface area contributed by atoms with Gasteiger partial charge in [0.1, 0.15) is 0 Å². The number of nitrogens with two attached hydrogens (primary N) is 1. The molecular formula is C18H34N2O3. The summed E-state index contributed by atoms with van der Waals surface area (Å²) >= 11 is 0. The number of ether oxygens (including phenoxy) is 1. The van der Waals surface area contributed by atoms with Gasteiger partial charge in [0.2, 0.25) is 0 Å². The van der Waals surface area contributed by atoms with Crippen LogP contribution in [0.15, 0.2) is 12.3 Å². The molecule has 0 saturated heterocycles. The Bertz CT molecular complexity index is 392. The first kappa shape index (κ1) is 21.6. The Labute approximate surface area is 141 Å². The molecule has 0 unspecified atom stereocenters. The zero-order chi connectivity index (χ0) is 17.9. The normalized spacial score (nSPS) is 14.3. The Morgan fingerprint density at radius 1 is 1.22 bits per heavy atom. The monoisotopic (exact) mass is 326 g/mol. The molecular weight excluding hydrogens is 292 g/mol. The van der Waals surface area contributed by atoms with Gasteiger partial charge in [-0.2, -0.15) is 0 Å². The van der Waals surface area contributed by atoms with E-state index < -0.39 is 17.4 Å². The molecule has 5 heteroatoms. The summed E-state index contributed by atoms with van der Waals surface area (Å²) < 4.78 is 5.10. The first-order chi connectivity index (χ1) is 10.7. The van der Waals surface area contributed by atoms with Gasteiger partial charge in [-0.15, -0.1) is 0 Å². The van der Waals surface area contributed by atoms with E-state index in [0.29, 0.717) is 12.5 Å². The van der Waals surface area contributed by atoms with E-state index in [9.17, 15) is 9.59 Å². The van der Waals surface area contributed by atoms with Gasteiger partial charge in [0.15, 0.2) is 5.54 Å². The largest absolute Gasteiger partial charge is 0.433 e. The molecule has 0 bridgehead atoms. The molecule has 0 saturated carbocycles. The van der Waals surface area contributed by atoms with Crippen molar-refractivity contribution < 1.29 is 14.3 Å². The molecule has 134 valence electrons. The fourth-order valence-corrected chi connectivity index (χ4v) is 2.15. The number of unbranched alkanes of at least 4 members (excludes halogenated alkanes) is 2. The van der Waals surface area contributed by atoms with E-state index in [1.807, 2.05) is 13.8 Å². The lowest BCUT2D eigenvalue weighted by Gasteiger charge is -2.27. The number of hydrogen-bond donors (Lipinski definition) is 2. The van der Waals surface area contributed by atoms with Crippen LogP contribution in [-0.4, -0.2) is 24.0 Å². The molecule has 0 aliphatic rings.